The van der Waals surface area contributed by atoms with Crippen molar-refractivity contribution in [2.24, 2.45) is 0 Å². The maximum absolute atomic E-state index is 13.0. The number of anilines is 1. The van der Waals surface area contributed by atoms with Gasteiger partial charge in [-0.15, -0.1) is 0 Å². The Labute approximate surface area is 217 Å². The van der Waals surface area contributed by atoms with Gasteiger partial charge in [0.2, 0.25) is 0 Å². The molecular weight excluding hydrogens is 466 g/mol. The predicted octanol–water partition coefficient (Wildman–Crippen LogP) is 3.95. The summed E-state index contributed by atoms with van der Waals surface area (Å²) < 4.78 is 7.86. The summed E-state index contributed by atoms with van der Waals surface area (Å²) in [7, 11) is 2.08. The van der Waals surface area contributed by atoms with E-state index >= 15 is 0 Å². The maximum atomic E-state index is 13.0. The van der Waals surface area contributed by atoms with Crippen LogP contribution < -0.4 is 10.1 Å². The number of imidazole rings is 1. The molecule has 9 heteroatoms. The van der Waals surface area contributed by atoms with E-state index in [4.69, 9.17) is 14.7 Å². The van der Waals surface area contributed by atoms with Gasteiger partial charge in [-0.05, 0) is 45.2 Å². The lowest BCUT2D eigenvalue weighted by Crippen LogP contribution is -2.47. The highest BCUT2D eigenvalue weighted by Gasteiger charge is 2.21. The molecule has 0 radical (unpaired) electrons. The third kappa shape index (κ3) is 5.56. The Balaban J connectivity index is 1.37. The Hall–Kier alpha value is -3.98. The number of fused-ring (bicyclic) bond motifs is 1. The number of nitrogens with zero attached hydrogens (tertiary/aromatic N) is 6. The van der Waals surface area contributed by atoms with E-state index in [-0.39, 0.29) is 11.9 Å². The highest BCUT2D eigenvalue weighted by Crippen LogP contribution is 2.26. The maximum Gasteiger partial charge on any atom is 0.253 e. The van der Waals surface area contributed by atoms with E-state index in [9.17, 15) is 4.79 Å². The minimum absolute atomic E-state index is 0.0645. The normalized spacial score (nSPS) is 14.3. The molecule has 1 N–H and O–H groups in total. The zero-order valence-corrected chi connectivity index (χ0v) is 21.6. The van der Waals surface area contributed by atoms with Gasteiger partial charge in [0, 0.05) is 43.3 Å². The lowest BCUT2D eigenvalue weighted by Gasteiger charge is -2.32. The predicted molar refractivity (Wildman–Crippen MR) is 145 cm³/mol. The van der Waals surface area contributed by atoms with Gasteiger partial charge < -0.3 is 24.4 Å². The molecule has 2 aromatic heterocycles. The molecule has 1 aliphatic heterocycles. The molecule has 0 bridgehead atoms. The molecule has 1 saturated heterocycles. The van der Waals surface area contributed by atoms with Gasteiger partial charge in [0.05, 0.1) is 12.9 Å². The second kappa shape index (κ2) is 11.0. The summed E-state index contributed by atoms with van der Waals surface area (Å²) in [6.45, 7) is 8.54. The Morgan fingerprint density at radius 2 is 1.73 bits per heavy atom. The summed E-state index contributed by atoms with van der Waals surface area (Å²) in [5, 5.41) is 3.38. The summed E-state index contributed by atoms with van der Waals surface area (Å²) in [5.41, 5.74) is 3.01. The fourth-order valence-corrected chi connectivity index (χ4v) is 4.36. The first-order chi connectivity index (χ1) is 18.0. The van der Waals surface area contributed by atoms with Crippen LogP contribution >= 0.6 is 0 Å². The van der Waals surface area contributed by atoms with Crippen molar-refractivity contribution in [3.05, 3.63) is 66.5 Å². The van der Waals surface area contributed by atoms with E-state index in [1.807, 2.05) is 64.1 Å². The SMILES string of the molecule is CC(C)n1cnc2c(NCCOc3ccccc3)nc(-c3ccc(C(=O)N4CCN(C)CC4)cc3)nc21. The van der Waals surface area contributed by atoms with Gasteiger partial charge in [0.25, 0.3) is 5.91 Å². The summed E-state index contributed by atoms with van der Waals surface area (Å²) in [5.74, 6) is 2.14. The molecule has 0 saturated carbocycles. The quantitative estimate of drug-likeness (QED) is 0.367. The Morgan fingerprint density at radius 3 is 2.43 bits per heavy atom. The van der Waals surface area contributed by atoms with E-state index in [2.05, 4.69) is 36.1 Å². The number of nitrogens with one attached hydrogen (secondary N) is 1. The third-order valence-electron chi connectivity index (χ3n) is 6.56. The number of carbonyl (C=O) groups excluding carboxylic acids is 1. The van der Waals surface area contributed by atoms with Crippen molar-refractivity contribution < 1.29 is 9.53 Å². The van der Waals surface area contributed by atoms with Gasteiger partial charge in [0.15, 0.2) is 17.3 Å². The van der Waals surface area contributed by atoms with Crippen molar-refractivity contribution >= 4 is 22.9 Å². The molecule has 0 atom stereocenters. The van der Waals surface area contributed by atoms with Crippen LogP contribution in [0.1, 0.15) is 30.2 Å². The number of hydrogen-bond acceptors (Lipinski definition) is 7. The number of benzene rings is 2. The summed E-state index contributed by atoms with van der Waals surface area (Å²) in [4.78, 5) is 31.4. The van der Waals surface area contributed by atoms with Crippen LogP contribution in [0.3, 0.4) is 0 Å². The van der Waals surface area contributed by atoms with Crippen molar-refractivity contribution in [2.45, 2.75) is 19.9 Å². The second-order valence-electron chi connectivity index (χ2n) is 9.57. The molecule has 0 aliphatic carbocycles. The first-order valence-corrected chi connectivity index (χ1v) is 12.7. The molecule has 2 aromatic carbocycles. The van der Waals surface area contributed by atoms with Crippen LogP contribution in [0.4, 0.5) is 5.82 Å². The molecule has 192 valence electrons. The molecule has 0 unspecified atom stereocenters. The number of ether oxygens (including phenoxy) is 1. The molecule has 1 fully saturated rings. The van der Waals surface area contributed by atoms with Gasteiger partial charge >= 0.3 is 0 Å². The zero-order chi connectivity index (χ0) is 25.8. The van der Waals surface area contributed by atoms with Crippen molar-refractivity contribution in [3.63, 3.8) is 0 Å². The number of amides is 1. The summed E-state index contributed by atoms with van der Waals surface area (Å²) in [6, 6.07) is 17.5. The summed E-state index contributed by atoms with van der Waals surface area (Å²) >= 11 is 0. The Morgan fingerprint density at radius 1 is 1.00 bits per heavy atom. The van der Waals surface area contributed by atoms with Crippen LogP contribution in [0.5, 0.6) is 5.75 Å². The van der Waals surface area contributed by atoms with Crippen LogP contribution in [-0.2, 0) is 0 Å². The lowest BCUT2D eigenvalue weighted by atomic mass is 10.1. The average Bonchev–Trinajstić information content (AvgIpc) is 3.36. The number of para-hydroxylation sites is 1. The molecule has 5 rings (SSSR count). The number of piperazine rings is 1. The van der Waals surface area contributed by atoms with E-state index in [1.165, 1.54) is 0 Å². The smallest absolute Gasteiger partial charge is 0.253 e. The molecule has 9 nitrogen and oxygen atoms in total. The highest BCUT2D eigenvalue weighted by molar-refractivity contribution is 5.95. The first-order valence-electron chi connectivity index (χ1n) is 12.7. The number of carbonyl (C=O) groups is 1. The number of likely N-dealkylation sites (N-methyl/N-ethyl adjacent to an activating group) is 1. The third-order valence-corrected chi connectivity index (χ3v) is 6.56. The van der Waals surface area contributed by atoms with E-state index in [0.717, 1.165) is 48.7 Å². The average molecular weight is 500 g/mol. The van der Waals surface area contributed by atoms with E-state index in [0.29, 0.717) is 30.4 Å². The number of rotatable bonds is 8. The Kier molecular flexibility index (Phi) is 7.32. The van der Waals surface area contributed by atoms with E-state index in [1.54, 1.807) is 6.33 Å². The molecule has 1 aliphatic rings. The fraction of sp³-hybridized carbons (Fsp3) is 0.357. The van der Waals surface area contributed by atoms with Gasteiger partial charge in [-0.1, -0.05) is 30.3 Å². The van der Waals surface area contributed by atoms with Crippen LogP contribution in [-0.4, -0.2) is 81.6 Å². The first kappa shape index (κ1) is 24.7. The molecule has 0 spiro atoms. The molecule has 37 heavy (non-hydrogen) atoms. The van der Waals surface area contributed by atoms with Gasteiger partial charge in [-0.25, -0.2) is 15.0 Å². The molecule has 3 heterocycles. The van der Waals surface area contributed by atoms with Gasteiger partial charge in [0.1, 0.15) is 17.9 Å². The second-order valence-corrected chi connectivity index (χ2v) is 9.57. The van der Waals surface area contributed by atoms with Crippen LogP contribution in [0.15, 0.2) is 60.9 Å². The van der Waals surface area contributed by atoms with Crippen LogP contribution in [0, 0.1) is 0 Å². The summed E-state index contributed by atoms with van der Waals surface area (Å²) in [6.07, 6.45) is 1.80. The minimum atomic E-state index is 0.0645. The number of aromatic nitrogens is 4. The fourth-order valence-electron chi connectivity index (χ4n) is 4.36. The van der Waals surface area contributed by atoms with Crippen LogP contribution in [0.25, 0.3) is 22.6 Å². The van der Waals surface area contributed by atoms with E-state index < -0.39 is 0 Å². The molecule has 1 amide bonds. The van der Waals surface area contributed by atoms with Crippen molar-refractivity contribution in [2.75, 3.05) is 51.7 Å². The number of hydrogen-bond donors (Lipinski definition) is 1. The van der Waals surface area contributed by atoms with Crippen LogP contribution in [0.2, 0.25) is 0 Å². The Bertz CT molecular complexity index is 1340. The minimum Gasteiger partial charge on any atom is -0.492 e. The standard InChI is InChI=1S/C28H33N7O2/c1-20(2)35-19-30-24-26(29-13-18-37-23-7-5-4-6-8-23)31-25(32-27(24)35)21-9-11-22(12-10-21)28(36)34-16-14-33(3)15-17-34/h4-12,19-20H,13-18H2,1-3H3,(H,29,31,32). The monoisotopic (exact) mass is 499 g/mol. The van der Waals surface area contributed by atoms with Gasteiger partial charge in [-0.3, -0.25) is 4.79 Å². The molecule has 4 aromatic rings. The lowest BCUT2D eigenvalue weighted by molar-refractivity contribution is 0.0664. The van der Waals surface area contributed by atoms with Crippen molar-refractivity contribution in [1.29, 1.82) is 0 Å². The highest BCUT2D eigenvalue weighted by atomic mass is 16.5. The topological polar surface area (TPSA) is 88.4 Å². The largest absolute Gasteiger partial charge is 0.492 e. The van der Waals surface area contributed by atoms with Crippen molar-refractivity contribution in [3.8, 4) is 17.1 Å². The van der Waals surface area contributed by atoms with Crippen molar-refractivity contribution in [1.82, 2.24) is 29.3 Å². The zero-order valence-electron chi connectivity index (χ0n) is 21.6. The molecular formula is C28H33N7O2. The van der Waals surface area contributed by atoms with Gasteiger partial charge in [-0.2, -0.15) is 0 Å².